The van der Waals surface area contributed by atoms with Crippen molar-refractivity contribution in [2.45, 2.75) is 63.6 Å². The smallest absolute Gasteiger partial charge is 0.404 e. The third-order valence-corrected chi connectivity index (χ3v) is 4.98. The van der Waals surface area contributed by atoms with Gasteiger partial charge >= 0.3 is 6.09 Å². The molecule has 0 bridgehead atoms. The maximum atomic E-state index is 13.2. The Hall–Kier alpha value is -1.66. The molecule has 4 N–H and O–H groups in total. The summed E-state index contributed by atoms with van der Waals surface area (Å²) >= 11 is 0. The van der Waals surface area contributed by atoms with Gasteiger partial charge < -0.3 is 20.8 Å². The molecule has 0 unspecified atom stereocenters. The molecule has 1 aliphatic rings. The van der Waals surface area contributed by atoms with Crippen molar-refractivity contribution in [3.05, 3.63) is 35.6 Å². The van der Waals surface area contributed by atoms with Crippen molar-refractivity contribution in [2.75, 3.05) is 6.54 Å². The van der Waals surface area contributed by atoms with Gasteiger partial charge in [-0.1, -0.05) is 12.1 Å². The number of aliphatic hydroxyl groups is 1. The van der Waals surface area contributed by atoms with Crippen LogP contribution in [0.3, 0.4) is 0 Å². The van der Waals surface area contributed by atoms with E-state index < -0.39 is 12.2 Å². The fraction of sp³-hybridized carbons (Fsp3) is 0.632. The average molecular weight is 352 g/mol. The second-order valence-corrected chi connectivity index (χ2v) is 7.71. The summed E-state index contributed by atoms with van der Waals surface area (Å²) in [4.78, 5) is 10.7. The Morgan fingerprint density at radius 3 is 2.60 bits per heavy atom. The first kappa shape index (κ1) is 19.7. The molecule has 6 heteroatoms. The number of amides is 1. The number of benzene rings is 1. The van der Waals surface area contributed by atoms with E-state index in [2.05, 4.69) is 24.5 Å². The topological polar surface area (TPSA) is 81.6 Å². The summed E-state index contributed by atoms with van der Waals surface area (Å²) in [6.07, 6.45) is 3.02. The zero-order chi connectivity index (χ0) is 18.4. The van der Waals surface area contributed by atoms with Crippen molar-refractivity contribution in [3.63, 3.8) is 0 Å². The quantitative estimate of drug-likeness (QED) is 0.606. The predicted molar refractivity (Wildman–Crippen MR) is 95.0 cm³/mol. The second-order valence-electron chi connectivity index (χ2n) is 7.71. The molecule has 25 heavy (non-hydrogen) atoms. The first-order valence-corrected chi connectivity index (χ1v) is 8.93. The molecule has 1 aromatic carbocycles. The van der Waals surface area contributed by atoms with Crippen LogP contribution in [0.5, 0.6) is 0 Å². The van der Waals surface area contributed by atoms with Crippen LogP contribution in [-0.4, -0.2) is 34.4 Å². The van der Waals surface area contributed by atoms with Gasteiger partial charge in [-0.25, -0.2) is 9.18 Å². The van der Waals surface area contributed by atoms with Gasteiger partial charge in [-0.3, -0.25) is 0 Å². The summed E-state index contributed by atoms with van der Waals surface area (Å²) in [6.45, 7) is 4.58. The summed E-state index contributed by atoms with van der Waals surface area (Å²) in [5.74, 6) is 0.197. The fourth-order valence-electron chi connectivity index (χ4n) is 3.68. The number of β-amino-alcohol motifs (C(OH)–C–C–N with tert-alkyl or cyclic N) is 1. The van der Waals surface area contributed by atoms with Gasteiger partial charge in [-0.2, -0.15) is 0 Å². The molecule has 0 saturated heterocycles. The molecule has 0 heterocycles. The zero-order valence-electron chi connectivity index (χ0n) is 15.0. The lowest BCUT2D eigenvalue weighted by molar-refractivity contribution is 0.148. The minimum absolute atomic E-state index is 0.0691. The van der Waals surface area contributed by atoms with E-state index in [-0.39, 0.29) is 17.4 Å². The number of carboxylic acid groups (broad SMARTS) is 1. The van der Waals surface area contributed by atoms with Crippen LogP contribution in [0.1, 0.15) is 57.6 Å². The van der Waals surface area contributed by atoms with Crippen LogP contribution in [0.25, 0.3) is 0 Å². The van der Waals surface area contributed by atoms with Crippen molar-refractivity contribution in [3.8, 4) is 0 Å². The van der Waals surface area contributed by atoms with E-state index in [1.165, 1.54) is 12.1 Å². The van der Waals surface area contributed by atoms with Crippen molar-refractivity contribution in [1.29, 1.82) is 0 Å². The molecule has 0 aromatic heterocycles. The molecule has 1 atom stereocenters. The molecular weight excluding hydrogens is 323 g/mol. The summed E-state index contributed by atoms with van der Waals surface area (Å²) in [5.41, 5.74) is 0.426. The number of aliphatic hydroxyl groups excluding tert-OH is 1. The Labute approximate surface area is 148 Å². The minimum atomic E-state index is -0.947. The highest BCUT2D eigenvalue weighted by Crippen LogP contribution is 2.31. The van der Waals surface area contributed by atoms with Crippen molar-refractivity contribution in [1.82, 2.24) is 10.6 Å². The van der Waals surface area contributed by atoms with Crippen LogP contribution in [-0.2, 0) is 0 Å². The van der Waals surface area contributed by atoms with Crippen LogP contribution >= 0.6 is 0 Å². The first-order chi connectivity index (χ1) is 11.7. The van der Waals surface area contributed by atoms with E-state index in [0.717, 1.165) is 32.1 Å². The van der Waals surface area contributed by atoms with Gasteiger partial charge in [-0.05, 0) is 69.6 Å². The predicted octanol–water partition coefficient (Wildman–Crippen LogP) is 3.44. The van der Waals surface area contributed by atoms with Crippen LogP contribution in [0.4, 0.5) is 9.18 Å². The van der Waals surface area contributed by atoms with Gasteiger partial charge in [0.2, 0.25) is 0 Å². The van der Waals surface area contributed by atoms with Crippen LogP contribution in [0.2, 0.25) is 0 Å². The Morgan fingerprint density at radius 2 is 2.00 bits per heavy atom. The molecule has 0 aliphatic heterocycles. The van der Waals surface area contributed by atoms with Gasteiger partial charge in [0.1, 0.15) is 5.82 Å². The summed E-state index contributed by atoms with van der Waals surface area (Å²) in [7, 11) is 0. The third-order valence-electron chi connectivity index (χ3n) is 4.98. The SMILES string of the molecule is CC(C)(CC1CCC(NC(=O)O)CC1)NC[C@H](O)c1cccc(F)c1. The molecule has 140 valence electrons. The molecule has 1 fully saturated rings. The lowest BCUT2D eigenvalue weighted by Crippen LogP contribution is -2.44. The molecule has 0 spiro atoms. The summed E-state index contributed by atoms with van der Waals surface area (Å²) < 4.78 is 13.2. The number of hydrogen-bond donors (Lipinski definition) is 4. The van der Waals surface area contributed by atoms with E-state index in [1.807, 2.05) is 0 Å². The van der Waals surface area contributed by atoms with E-state index >= 15 is 0 Å². The fourth-order valence-corrected chi connectivity index (χ4v) is 3.68. The average Bonchev–Trinajstić information content (AvgIpc) is 2.54. The maximum Gasteiger partial charge on any atom is 0.404 e. The Morgan fingerprint density at radius 1 is 1.32 bits per heavy atom. The Balaban J connectivity index is 1.77. The molecule has 1 aliphatic carbocycles. The van der Waals surface area contributed by atoms with Crippen molar-refractivity contribution >= 4 is 6.09 Å². The highest BCUT2D eigenvalue weighted by molar-refractivity contribution is 5.64. The molecule has 2 rings (SSSR count). The maximum absolute atomic E-state index is 13.2. The molecule has 5 nitrogen and oxygen atoms in total. The van der Waals surface area contributed by atoms with Crippen molar-refractivity contribution in [2.24, 2.45) is 5.92 Å². The van der Waals surface area contributed by atoms with E-state index in [9.17, 15) is 14.3 Å². The van der Waals surface area contributed by atoms with E-state index in [4.69, 9.17) is 5.11 Å². The first-order valence-electron chi connectivity index (χ1n) is 8.93. The highest BCUT2D eigenvalue weighted by Gasteiger charge is 2.28. The van der Waals surface area contributed by atoms with Crippen LogP contribution < -0.4 is 10.6 Å². The van der Waals surface area contributed by atoms with Gasteiger partial charge in [-0.15, -0.1) is 0 Å². The van der Waals surface area contributed by atoms with Gasteiger partial charge in [0.05, 0.1) is 6.10 Å². The van der Waals surface area contributed by atoms with Gasteiger partial charge in [0.25, 0.3) is 0 Å². The molecular formula is C19H29FN2O3. The van der Waals surface area contributed by atoms with Crippen molar-refractivity contribution < 1.29 is 19.4 Å². The monoisotopic (exact) mass is 352 g/mol. The lowest BCUT2D eigenvalue weighted by Gasteiger charge is -2.35. The molecule has 0 radical (unpaired) electrons. The largest absolute Gasteiger partial charge is 0.465 e. The number of halogens is 1. The summed E-state index contributed by atoms with van der Waals surface area (Å²) in [5, 5.41) is 25.0. The second kappa shape index (κ2) is 8.63. The zero-order valence-corrected chi connectivity index (χ0v) is 15.0. The third kappa shape index (κ3) is 6.63. The number of rotatable bonds is 7. The molecule has 1 amide bonds. The highest BCUT2D eigenvalue weighted by atomic mass is 19.1. The number of hydrogen-bond acceptors (Lipinski definition) is 3. The summed E-state index contributed by atoms with van der Waals surface area (Å²) in [6, 6.07) is 6.11. The van der Waals surface area contributed by atoms with Crippen LogP contribution in [0.15, 0.2) is 24.3 Å². The normalized spacial score (nSPS) is 22.4. The van der Waals surface area contributed by atoms with Gasteiger partial charge in [0.15, 0.2) is 0 Å². The van der Waals surface area contributed by atoms with Crippen LogP contribution in [0, 0.1) is 11.7 Å². The van der Waals surface area contributed by atoms with E-state index in [0.29, 0.717) is 18.0 Å². The molecule has 1 saturated carbocycles. The Kier molecular flexibility index (Phi) is 6.79. The number of carbonyl (C=O) groups is 1. The van der Waals surface area contributed by atoms with E-state index in [1.54, 1.807) is 12.1 Å². The lowest BCUT2D eigenvalue weighted by atomic mass is 9.79. The molecule has 1 aromatic rings. The number of nitrogens with one attached hydrogen (secondary N) is 2. The minimum Gasteiger partial charge on any atom is -0.465 e. The standard InChI is InChI=1S/C19H29FN2O3/c1-19(2,11-13-6-8-16(9-7-13)22-18(24)25)21-12-17(23)14-4-3-5-15(20)10-14/h3-5,10,13,16-17,21-23H,6-9,11-12H2,1-2H3,(H,24,25)/t13?,16?,17-/m0/s1. The van der Waals surface area contributed by atoms with Gasteiger partial charge in [0, 0.05) is 18.1 Å². The Bertz CT molecular complexity index is 572.